The Labute approximate surface area is 103 Å². The highest BCUT2D eigenvalue weighted by Crippen LogP contribution is 2.21. The van der Waals surface area contributed by atoms with E-state index in [-0.39, 0.29) is 17.0 Å². The van der Waals surface area contributed by atoms with E-state index in [4.69, 9.17) is 5.73 Å². The molecule has 82 valence electrons. The average molecular weight is 279 g/mol. The highest BCUT2D eigenvalue weighted by atomic mass is 79.9. The van der Waals surface area contributed by atoms with Gasteiger partial charge in [0, 0.05) is 15.9 Å². The van der Waals surface area contributed by atoms with E-state index >= 15 is 0 Å². The lowest BCUT2D eigenvalue weighted by Crippen LogP contribution is -3.00. The van der Waals surface area contributed by atoms with Crippen LogP contribution >= 0.6 is 0 Å². The normalized spacial score (nSPS) is 10.6. The molecule has 0 spiro atoms. The van der Waals surface area contributed by atoms with Gasteiger partial charge in [0.1, 0.15) is 5.69 Å². The van der Waals surface area contributed by atoms with Crippen molar-refractivity contribution < 1.29 is 21.4 Å². The summed E-state index contributed by atoms with van der Waals surface area (Å²) in [4.78, 5) is 0. The number of aromatic nitrogens is 3. The number of nitrogens with two attached hydrogens (primary N) is 1. The van der Waals surface area contributed by atoms with Crippen molar-refractivity contribution in [3.8, 4) is 0 Å². The molecule has 3 aromatic rings. The van der Waals surface area contributed by atoms with Gasteiger partial charge >= 0.3 is 0 Å². The van der Waals surface area contributed by atoms with Crippen molar-refractivity contribution in [1.29, 1.82) is 0 Å². The van der Waals surface area contributed by atoms with Crippen molar-refractivity contribution in [3.63, 3.8) is 0 Å². The second-order valence-electron chi connectivity index (χ2n) is 3.62. The third kappa shape index (κ3) is 1.36. The lowest BCUT2D eigenvalue weighted by molar-refractivity contribution is -0.510. The highest BCUT2D eigenvalue weighted by molar-refractivity contribution is 5.96. The molecule has 16 heavy (non-hydrogen) atoms. The fourth-order valence-corrected chi connectivity index (χ4v) is 1.94. The second kappa shape index (κ2) is 3.75. The van der Waals surface area contributed by atoms with Crippen molar-refractivity contribution in [3.05, 3.63) is 36.8 Å². The van der Waals surface area contributed by atoms with Gasteiger partial charge < -0.3 is 22.7 Å². The monoisotopic (exact) mass is 278 g/mol. The third-order valence-electron chi connectivity index (χ3n) is 2.67. The van der Waals surface area contributed by atoms with Gasteiger partial charge in [-0.25, -0.2) is 4.40 Å². The number of hydrogen-bond acceptors (Lipinski definition) is 2. The quantitative estimate of drug-likeness (QED) is 0.479. The average Bonchev–Trinajstić information content (AvgIpc) is 2.61. The van der Waals surface area contributed by atoms with Crippen molar-refractivity contribution >= 4 is 22.1 Å². The Morgan fingerprint density at radius 2 is 2.06 bits per heavy atom. The predicted molar refractivity (Wildman–Crippen MR) is 58.3 cm³/mol. The number of fused-ring (bicyclic) bond motifs is 2. The summed E-state index contributed by atoms with van der Waals surface area (Å²) in [6.45, 7) is 0. The molecule has 4 nitrogen and oxygen atoms in total. The maximum absolute atomic E-state index is 6.12. The van der Waals surface area contributed by atoms with Crippen LogP contribution < -0.4 is 27.1 Å². The molecule has 0 fully saturated rings. The van der Waals surface area contributed by atoms with Crippen LogP contribution in [0.15, 0.2) is 36.8 Å². The van der Waals surface area contributed by atoms with Gasteiger partial charge in [-0.2, -0.15) is 0 Å². The van der Waals surface area contributed by atoms with E-state index in [0.717, 1.165) is 22.1 Å². The summed E-state index contributed by atoms with van der Waals surface area (Å²) in [6, 6.07) is 8.07. The van der Waals surface area contributed by atoms with Crippen LogP contribution in [0.4, 0.5) is 5.69 Å². The first kappa shape index (κ1) is 10.9. The first-order chi connectivity index (χ1) is 7.27. The molecule has 0 saturated carbocycles. The minimum absolute atomic E-state index is 0. The molecule has 0 atom stereocenters. The van der Waals surface area contributed by atoms with Gasteiger partial charge in [0.25, 0.3) is 12.0 Å². The topological polar surface area (TPSA) is 47.9 Å². The first-order valence-electron chi connectivity index (χ1n) is 4.77. The molecule has 0 aliphatic carbocycles. The molecule has 5 heteroatoms. The minimum Gasteiger partial charge on any atom is -1.00 e. The summed E-state index contributed by atoms with van der Waals surface area (Å²) in [5.74, 6) is 0. The van der Waals surface area contributed by atoms with Gasteiger partial charge in [-0.15, -0.1) is 4.68 Å². The molecule has 2 heterocycles. The first-order valence-corrected chi connectivity index (χ1v) is 4.77. The van der Waals surface area contributed by atoms with Crippen LogP contribution in [0.2, 0.25) is 0 Å². The molecule has 0 radical (unpaired) electrons. The Morgan fingerprint density at radius 1 is 1.31 bits per heavy atom. The summed E-state index contributed by atoms with van der Waals surface area (Å²) in [7, 11) is 1.89. The van der Waals surface area contributed by atoms with Gasteiger partial charge in [-0.3, -0.25) is 0 Å². The maximum Gasteiger partial charge on any atom is 0.288 e. The number of aryl methyl sites for hydroxylation is 1. The zero-order valence-corrected chi connectivity index (χ0v) is 10.3. The number of pyridine rings is 1. The summed E-state index contributed by atoms with van der Waals surface area (Å²) in [5.41, 5.74) is 7.81. The summed E-state index contributed by atoms with van der Waals surface area (Å²) in [5, 5.41) is 6.38. The van der Waals surface area contributed by atoms with Crippen molar-refractivity contribution in [2.24, 2.45) is 7.05 Å². The molecular weight excluding hydrogens is 268 g/mol. The molecule has 1 aromatic carbocycles. The molecular formula is C11H11BrN4. The Morgan fingerprint density at radius 3 is 2.88 bits per heavy atom. The van der Waals surface area contributed by atoms with Gasteiger partial charge in [0.2, 0.25) is 0 Å². The van der Waals surface area contributed by atoms with E-state index < -0.39 is 0 Å². The van der Waals surface area contributed by atoms with Gasteiger partial charge in [0.05, 0.1) is 13.2 Å². The van der Waals surface area contributed by atoms with Crippen LogP contribution in [-0.2, 0) is 7.05 Å². The maximum atomic E-state index is 6.12. The molecule has 0 aliphatic rings. The van der Waals surface area contributed by atoms with E-state index in [0.29, 0.717) is 0 Å². The lowest BCUT2D eigenvalue weighted by atomic mass is 10.1. The number of anilines is 1. The molecule has 0 amide bonds. The zero-order valence-electron chi connectivity index (χ0n) is 8.76. The fraction of sp³-hybridized carbons (Fsp3) is 0.0909. The molecule has 2 aromatic heterocycles. The molecule has 2 N–H and O–H groups in total. The number of nitrogen functional groups attached to an aromatic ring is 1. The number of hydrogen-bond donors (Lipinski definition) is 1. The Kier molecular flexibility index (Phi) is 2.55. The van der Waals surface area contributed by atoms with E-state index in [1.807, 2.05) is 41.9 Å². The van der Waals surface area contributed by atoms with Crippen LogP contribution in [0, 0.1) is 0 Å². The van der Waals surface area contributed by atoms with Crippen LogP contribution in [0.5, 0.6) is 0 Å². The largest absolute Gasteiger partial charge is 1.00 e. The van der Waals surface area contributed by atoms with E-state index in [2.05, 4.69) is 5.10 Å². The van der Waals surface area contributed by atoms with Crippen LogP contribution in [0.25, 0.3) is 16.4 Å². The van der Waals surface area contributed by atoms with E-state index in [1.54, 1.807) is 11.0 Å². The molecule has 0 saturated heterocycles. The Hall–Kier alpha value is -1.62. The van der Waals surface area contributed by atoms with Crippen LogP contribution in [0.1, 0.15) is 0 Å². The van der Waals surface area contributed by atoms with Gasteiger partial charge in [0.15, 0.2) is 0 Å². The Balaban J connectivity index is 0.000000963. The lowest BCUT2D eigenvalue weighted by Gasteiger charge is -2.00. The van der Waals surface area contributed by atoms with Crippen molar-refractivity contribution in [2.75, 3.05) is 5.73 Å². The summed E-state index contributed by atoms with van der Waals surface area (Å²) < 4.78 is 3.72. The fourth-order valence-electron chi connectivity index (χ4n) is 1.94. The number of benzene rings is 1. The van der Waals surface area contributed by atoms with Crippen molar-refractivity contribution in [2.45, 2.75) is 0 Å². The van der Waals surface area contributed by atoms with Gasteiger partial charge in [-0.05, 0) is 0 Å². The number of rotatable bonds is 0. The zero-order chi connectivity index (χ0) is 10.4. The standard InChI is InChI=1S/C11H11N4.BrH/c1-14-11-10(12)9-5-3-2-4-8(9)6-15(11)7-13-14;/h2-7H,12H2,1H3;1H/q+1;/p-1. The summed E-state index contributed by atoms with van der Waals surface area (Å²) in [6.07, 6.45) is 3.80. The number of nitrogens with zero attached hydrogens (tertiary/aromatic N) is 3. The highest BCUT2D eigenvalue weighted by Gasteiger charge is 2.13. The van der Waals surface area contributed by atoms with Crippen molar-refractivity contribution in [1.82, 2.24) is 9.78 Å². The molecule has 0 aliphatic heterocycles. The molecule has 0 unspecified atom stereocenters. The molecule has 0 bridgehead atoms. The molecule has 3 rings (SSSR count). The van der Waals surface area contributed by atoms with Crippen LogP contribution in [-0.4, -0.2) is 9.78 Å². The van der Waals surface area contributed by atoms with E-state index in [1.165, 1.54) is 0 Å². The second-order valence-corrected chi connectivity index (χ2v) is 3.62. The van der Waals surface area contributed by atoms with Crippen LogP contribution in [0.3, 0.4) is 0 Å². The third-order valence-corrected chi connectivity index (χ3v) is 2.67. The van der Waals surface area contributed by atoms with E-state index in [9.17, 15) is 0 Å². The smallest absolute Gasteiger partial charge is 0.288 e. The Bertz CT molecular complexity index is 659. The number of halogens is 1. The summed E-state index contributed by atoms with van der Waals surface area (Å²) >= 11 is 0. The van der Waals surface area contributed by atoms with Gasteiger partial charge in [-0.1, -0.05) is 24.3 Å². The predicted octanol–water partition coefficient (Wildman–Crippen LogP) is -2.10. The minimum atomic E-state index is 0. The SMILES string of the molecule is Cn1nc[n+]2cc3ccccc3c(N)c12.[Br-].